The summed E-state index contributed by atoms with van der Waals surface area (Å²) in [6.07, 6.45) is 3.57. The van der Waals surface area contributed by atoms with Crippen LogP contribution in [0.2, 0.25) is 0 Å². The Morgan fingerprint density at radius 1 is 1.13 bits per heavy atom. The van der Waals surface area contributed by atoms with Gasteiger partial charge in [0.2, 0.25) is 0 Å². The van der Waals surface area contributed by atoms with Crippen molar-refractivity contribution in [3.8, 4) is 11.4 Å². The SMILES string of the molecule is CC(C)=C[C@@H](O)c1cc(-c2nc3cc(F)c(C)c4c3c(c2C)CCC4)[nH]c(=O)c1C. The topological polar surface area (TPSA) is 66.0 Å². The van der Waals surface area contributed by atoms with E-state index in [4.69, 9.17) is 4.98 Å². The van der Waals surface area contributed by atoms with Gasteiger partial charge < -0.3 is 10.1 Å². The standard InChI is InChI=1S/C25H27FN2O2/c1-12(2)9-22(29)18-10-21(28-25(30)15(18)5)24-14(4)17-8-6-7-16-13(3)19(26)11-20(27-24)23(16)17/h9-11,22,29H,6-8H2,1-5H3,(H,28,30)/t22-/m1/s1. The van der Waals surface area contributed by atoms with E-state index < -0.39 is 6.10 Å². The van der Waals surface area contributed by atoms with E-state index in [0.717, 1.165) is 41.3 Å². The van der Waals surface area contributed by atoms with Gasteiger partial charge in [0.05, 0.1) is 23.0 Å². The summed E-state index contributed by atoms with van der Waals surface area (Å²) in [5.74, 6) is -0.246. The third kappa shape index (κ3) is 3.27. The predicted molar refractivity (Wildman–Crippen MR) is 118 cm³/mol. The van der Waals surface area contributed by atoms with Gasteiger partial charge in [-0.05, 0) is 87.8 Å². The Labute approximate surface area is 175 Å². The quantitative estimate of drug-likeness (QED) is 0.592. The minimum atomic E-state index is -0.873. The molecule has 2 aromatic heterocycles. The van der Waals surface area contributed by atoms with Crippen molar-refractivity contribution >= 4 is 10.9 Å². The minimum Gasteiger partial charge on any atom is -0.384 e. The summed E-state index contributed by atoms with van der Waals surface area (Å²) < 4.78 is 14.6. The molecular weight excluding hydrogens is 379 g/mol. The lowest BCUT2D eigenvalue weighted by atomic mass is 9.84. The average Bonchev–Trinajstić information content (AvgIpc) is 2.69. The van der Waals surface area contributed by atoms with Crippen molar-refractivity contribution in [1.82, 2.24) is 9.97 Å². The molecule has 1 aromatic carbocycles. The molecule has 0 saturated heterocycles. The van der Waals surface area contributed by atoms with Gasteiger partial charge in [-0.25, -0.2) is 9.37 Å². The summed E-state index contributed by atoms with van der Waals surface area (Å²) in [7, 11) is 0. The molecule has 0 unspecified atom stereocenters. The molecule has 2 N–H and O–H groups in total. The molecule has 1 atom stereocenters. The number of nitrogens with one attached hydrogen (secondary N) is 1. The molecule has 4 rings (SSSR count). The fourth-order valence-electron chi connectivity index (χ4n) is 4.56. The van der Waals surface area contributed by atoms with Crippen LogP contribution >= 0.6 is 0 Å². The number of aliphatic hydroxyl groups excluding tert-OH is 1. The molecule has 0 radical (unpaired) electrons. The van der Waals surface area contributed by atoms with Gasteiger partial charge >= 0.3 is 0 Å². The normalized spacial score (nSPS) is 14.1. The second-order valence-corrected chi connectivity index (χ2v) is 8.55. The average molecular weight is 407 g/mol. The summed E-state index contributed by atoms with van der Waals surface area (Å²) >= 11 is 0. The highest BCUT2D eigenvalue weighted by molar-refractivity contribution is 5.91. The summed E-state index contributed by atoms with van der Waals surface area (Å²) in [6, 6.07) is 3.29. The lowest BCUT2D eigenvalue weighted by Crippen LogP contribution is -2.16. The van der Waals surface area contributed by atoms with E-state index in [1.165, 1.54) is 11.6 Å². The Morgan fingerprint density at radius 3 is 2.47 bits per heavy atom. The molecule has 0 fully saturated rings. The molecule has 0 aliphatic heterocycles. The Balaban J connectivity index is 2.00. The van der Waals surface area contributed by atoms with Gasteiger partial charge in [-0.2, -0.15) is 0 Å². The number of benzene rings is 1. The maximum Gasteiger partial charge on any atom is 0.251 e. The van der Waals surface area contributed by atoms with E-state index in [-0.39, 0.29) is 11.4 Å². The fourth-order valence-corrected chi connectivity index (χ4v) is 4.56. The predicted octanol–water partition coefficient (Wildman–Crippen LogP) is 5.14. The van der Waals surface area contributed by atoms with E-state index >= 15 is 0 Å². The number of H-pyrrole nitrogens is 1. The largest absolute Gasteiger partial charge is 0.384 e. The van der Waals surface area contributed by atoms with E-state index in [1.54, 1.807) is 19.1 Å². The molecule has 5 heteroatoms. The van der Waals surface area contributed by atoms with Crippen LogP contribution in [-0.4, -0.2) is 15.1 Å². The van der Waals surface area contributed by atoms with Crippen molar-refractivity contribution in [2.24, 2.45) is 0 Å². The fraction of sp³-hybridized carbons (Fsp3) is 0.360. The van der Waals surface area contributed by atoms with E-state index in [0.29, 0.717) is 33.6 Å². The molecule has 0 saturated carbocycles. The number of halogens is 1. The lowest BCUT2D eigenvalue weighted by Gasteiger charge is -2.23. The maximum atomic E-state index is 14.6. The van der Waals surface area contributed by atoms with Crippen LogP contribution in [0.1, 0.15) is 59.8 Å². The summed E-state index contributed by atoms with van der Waals surface area (Å²) in [5, 5.41) is 11.7. The van der Waals surface area contributed by atoms with Crippen molar-refractivity contribution in [2.75, 3.05) is 0 Å². The number of aromatic amines is 1. The first-order valence-electron chi connectivity index (χ1n) is 10.4. The zero-order valence-electron chi connectivity index (χ0n) is 18.1. The van der Waals surface area contributed by atoms with Crippen molar-refractivity contribution in [3.63, 3.8) is 0 Å². The van der Waals surface area contributed by atoms with Gasteiger partial charge in [0.25, 0.3) is 5.56 Å². The lowest BCUT2D eigenvalue weighted by molar-refractivity contribution is 0.226. The van der Waals surface area contributed by atoms with E-state index in [9.17, 15) is 14.3 Å². The summed E-state index contributed by atoms with van der Waals surface area (Å²) in [6.45, 7) is 9.35. The molecule has 30 heavy (non-hydrogen) atoms. The number of nitrogens with zero attached hydrogens (tertiary/aromatic N) is 1. The van der Waals surface area contributed by atoms with Crippen LogP contribution < -0.4 is 5.56 Å². The number of pyridine rings is 2. The molecule has 1 aliphatic rings. The van der Waals surface area contributed by atoms with Crippen LogP contribution in [0.4, 0.5) is 4.39 Å². The van der Waals surface area contributed by atoms with Crippen LogP contribution in [-0.2, 0) is 12.8 Å². The third-order valence-corrected chi connectivity index (χ3v) is 6.21. The molecule has 1 aliphatic carbocycles. The molecule has 3 aromatic rings. The Hall–Kier alpha value is -2.79. The van der Waals surface area contributed by atoms with Crippen LogP contribution in [0.15, 0.2) is 28.6 Å². The highest BCUT2D eigenvalue weighted by Crippen LogP contribution is 2.37. The molecule has 156 valence electrons. The zero-order valence-corrected chi connectivity index (χ0v) is 18.1. The van der Waals surface area contributed by atoms with Crippen molar-refractivity contribution in [3.05, 3.63) is 73.3 Å². The second kappa shape index (κ2) is 7.47. The second-order valence-electron chi connectivity index (χ2n) is 8.55. The Kier molecular flexibility index (Phi) is 5.10. The van der Waals surface area contributed by atoms with Crippen molar-refractivity contribution < 1.29 is 9.50 Å². The van der Waals surface area contributed by atoms with Gasteiger partial charge in [0, 0.05) is 17.0 Å². The maximum absolute atomic E-state index is 14.6. The monoisotopic (exact) mass is 406 g/mol. The number of hydrogen-bond acceptors (Lipinski definition) is 3. The number of allylic oxidation sites excluding steroid dienone is 1. The van der Waals surface area contributed by atoms with Gasteiger partial charge in [-0.3, -0.25) is 4.79 Å². The molecule has 0 bridgehead atoms. The van der Waals surface area contributed by atoms with E-state index in [1.807, 2.05) is 27.7 Å². The van der Waals surface area contributed by atoms with Crippen molar-refractivity contribution in [1.29, 1.82) is 0 Å². The highest BCUT2D eigenvalue weighted by Gasteiger charge is 2.23. The van der Waals surface area contributed by atoms with Gasteiger partial charge in [0.15, 0.2) is 0 Å². The van der Waals surface area contributed by atoms with Crippen LogP contribution in [0, 0.1) is 26.6 Å². The first-order valence-corrected chi connectivity index (χ1v) is 10.4. The van der Waals surface area contributed by atoms with Gasteiger partial charge in [-0.15, -0.1) is 0 Å². The number of rotatable bonds is 3. The first-order chi connectivity index (χ1) is 14.2. The molecule has 2 heterocycles. The number of aryl methyl sites for hydroxylation is 2. The number of hydrogen-bond donors (Lipinski definition) is 2. The van der Waals surface area contributed by atoms with Crippen molar-refractivity contribution in [2.45, 2.75) is 60.0 Å². The number of aliphatic hydroxyl groups is 1. The molecule has 0 spiro atoms. The zero-order chi connectivity index (χ0) is 21.7. The van der Waals surface area contributed by atoms with Crippen LogP contribution in [0.25, 0.3) is 22.3 Å². The first kappa shape index (κ1) is 20.5. The van der Waals surface area contributed by atoms with Gasteiger partial charge in [0.1, 0.15) is 5.82 Å². The molecule has 0 amide bonds. The minimum absolute atomic E-state index is 0.246. The molecular formula is C25H27FN2O2. The van der Waals surface area contributed by atoms with Crippen LogP contribution in [0.3, 0.4) is 0 Å². The van der Waals surface area contributed by atoms with E-state index in [2.05, 4.69) is 4.98 Å². The summed E-state index contributed by atoms with van der Waals surface area (Å²) in [5.41, 5.74) is 7.47. The summed E-state index contributed by atoms with van der Waals surface area (Å²) in [4.78, 5) is 20.3. The Morgan fingerprint density at radius 2 is 1.80 bits per heavy atom. The smallest absolute Gasteiger partial charge is 0.251 e. The highest BCUT2D eigenvalue weighted by atomic mass is 19.1. The van der Waals surface area contributed by atoms with Gasteiger partial charge in [-0.1, -0.05) is 11.6 Å². The van der Waals surface area contributed by atoms with Crippen LogP contribution in [0.5, 0.6) is 0 Å². The third-order valence-electron chi connectivity index (χ3n) is 6.21. The molecule has 4 nitrogen and oxygen atoms in total. The number of aromatic nitrogens is 2. The Bertz CT molecular complexity index is 1270.